The molecular formula is C23H32N10O13P2S2. The number of aromatic nitrogens is 8. The first kappa shape index (κ1) is 37.2. The summed E-state index contributed by atoms with van der Waals surface area (Å²) in [5.74, 6) is 0.215. The number of hydrogen-bond acceptors (Lipinski definition) is 21. The Morgan fingerprint density at radius 2 is 1.08 bits per heavy atom. The molecule has 0 bridgehead atoms. The van der Waals surface area contributed by atoms with E-state index in [0.29, 0.717) is 0 Å². The first-order valence-electron chi connectivity index (χ1n) is 14.5. The van der Waals surface area contributed by atoms with Gasteiger partial charge in [0, 0.05) is 0 Å². The Labute approximate surface area is 290 Å². The van der Waals surface area contributed by atoms with Crippen LogP contribution < -0.4 is 11.5 Å². The molecule has 0 radical (unpaired) electrons. The van der Waals surface area contributed by atoms with Gasteiger partial charge in [-0.2, -0.15) is 0 Å². The molecule has 0 amide bonds. The van der Waals surface area contributed by atoms with Crippen molar-refractivity contribution in [1.82, 2.24) is 39.0 Å². The zero-order valence-corrected chi connectivity index (χ0v) is 28.8. The van der Waals surface area contributed by atoms with Crippen molar-refractivity contribution in [2.75, 3.05) is 37.9 Å². The first-order valence-corrected chi connectivity index (χ1v) is 19.6. The number of rotatable bonds is 14. The monoisotopic (exact) mass is 782 g/mol. The summed E-state index contributed by atoms with van der Waals surface area (Å²) in [6.07, 6.45) is -6.91. The largest absolute Gasteiger partial charge is 0.388 e. The Hall–Kier alpha value is -2.52. The van der Waals surface area contributed by atoms with Crippen molar-refractivity contribution in [2.24, 2.45) is 0 Å². The summed E-state index contributed by atoms with van der Waals surface area (Å²) >= 11 is 9.93. The summed E-state index contributed by atoms with van der Waals surface area (Å²) in [5.41, 5.74) is 12.6. The van der Waals surface area contributed by atoms with E-state index < -0.39 is 95.0 Å². The fourth-order valence-corrected chi connectivity index (χ4v) is 7.40. The molecule has 6 rings (SSSR count). The van der Waals surface area contributed by atoms with Crippen LogP contribution >= 0.6 is 13.4 Å². The lowest BCUT2D eigenvalue weighted by molar-refractivity contribution is -0.0512. The van der Waals surface area contributed by atoms with Crippen LogP contribution in [0.15, 0.2) is 25.3 Å². The molecule has 4 aromatic rings. The number of anilines is 2. The summed E-state index contributed by atoms with van der Waals surface area (Å²) in [4.78, 5) is 45.0. The molecule has 27 heteroatoms. The van der Waals surface area contributed by atoms with Crippen molar-refractivity contribution < 1.29 is 62.9 Å². The van der Waals surface area contributed by atoms with Gasteiger partial charge in [-0.05, 0) is 23.6 Å². The second-order valence-electron chi connectivity index (χ2n) is 11.0. The quantitative estimate of drug-likeness (QED) is 0.0573. The van der Waals surface area contributed by atoms with Crippen LogP contribution in [0.2, 0.25) is 0 Å². The Kier molecular flexibility index (Phi) is 11.1. The van der Waals surface area contributed by atoms with E-state index >= 15 is 0 Å². The van der Waals surface area contributed by atoms with Gasteiger partial charge in [0.25, 0.3) is 0 Å². The molecule has 6 heterocycles. The maximum atomic E-state index is 10.6. The number of aliphatic hydroxyl groups excluding tert-OH is 5. The number of ether oxygens (including phenoxy) is 2. The number of nitrogen functional groups attached to an aromatic ring is 2. The normalized spacial score (nSPS) is 30.1. The van der Waals surface area contributed by atoms with E-state index in [1.807, 2.05) is 0 Å². The lowest BCUT2D eigenvalue weighted by Crippen LogP contribution is -2.33. The number of aliphatic hydroxyl groups is 5. The topological polar surface area (TPSA) is 336 Å². The first-order chi connectivity index (χ1) is 23.7. The minimum absolute atomic E-state index is 0.107. The summed E-state index contributed by atoms with van der Waals surface area (Å²) < 4.78 is 34.9. The molecule has 2 fully saturated rings. The van der Waals surface area contributed by atoms with Crippen LogP contribution in [-0.4, -0.2) is 144 Å². The van der Waals surface area contributed by atoms with Crippen molar-refractivity contribution in [3.05, 3.63) is 25.3 Å². The molecule has 0 aromatic carbocycles. The molecule has 0 spiro atoms. The van der Waals surface area contributed by atoms with Gasteiger partial charge in [0.15, 0.2) is 35.4 Å². The number of nitrogens with two attached hydrogens (primary N) is 2. The van der Waals surface area contributed by atoms with Gasteiger partial charge in [0.05, 0.1) is 39.1 Å². The van der Waals surface area contributed by atoms with Crippen molar-refractivity contribution >= 4 is 71.0 Å². The van der Waals surface area contributed by atoms with Crippen LogP contribution in [0.5, 0.6) is 0 Å². The van der Waals surface area contributed by atoms with Gasteiger partial charge >= 0.3 is 13.4 Å². The van der Waals surface area contributed by atoms with Crippen LogP contribution in [0.4, 0.5) is 11.6 Å². The van der Waals surface area contributed by atoms with E-state index in [-0.39, 0.29) is 34.0 Å². The molecule has 50 heavy (non-hydrogen) atoms. The summed E-state index contributed by atoms with van der Waals surface area (Å²) in [5, 5.41) is 52.5. The van der Waals surface area contributed by atoms with Crippen LogP contribution in [-0.2, 0) is 51.2 Å². The van der Waals surface area contributed by atoms with Crippen LogP contribution in [0, 0.1) is 0 Å². The van der Waals surface area contributed by atoms with E-state index in [4.69, 9.17) is 62.6 Å². The molecule has 4 aromatic heterocycles. The third-order valence-electron chi connectivity index (χ3n) is 7.66. The van der Waals surface area contributed by atoms with Gasteiger partial charge in [-0.3, -0.25) is 9.13 Å². The molecular weight excluding hydrogens is 750 g/mol. The van der Waals surface area contributed by atoms with Gasteiger partial charge in [0.1, 0.15) is 66.4 Å². The maximum absolute atomic E-state index is 10.6. The molecule has 2 unspecified atom stereocenters. The van der Waals surface area contributed by atoms with Crippen LogP contribution in [0.3, 0.4) is 0 Å². The van der Waals surface area contributed by atoms with Crippen molar-refractivity contribution in [3.8, 4) is 0 Å². The van der Waals surface area contributed by atoms with E-state index in [2.05, 4.69) is 29.9 Å². The van der Waals surface area contributed by atoms with Gasteiger partial charge < -0.3 is 74.4 Å². The Bertz CT molecular complexity index is 1790. The Morgan fingerprint density at radius 1 is 0.680 bits per heavy atom. The zero-order chi connectivity index (χ0) is 36.0. The second-order valence-corrected chi connectivity index (χ2v) is 16.7. The van der Waals surface area contributed by atoms with Crippen LogP contribution in [0.25, 0.3) is 22.3 Å². The molecule has 2 aliphatic heterocycles. The van der Waals surface area contributed by atoms with Crippen LogP contribution in [0.1, 0.15) is 12.5 Å². The van der Waals surface area contributed by atoms with E-state index in [9.17, 15) is 35.3 Å². The van der Waals surface area contributed by atoms with E-state index in [1.165, 1.54) is 34.4 Å². The molecule has 2 aliphatic rings. The molecule has 2 saturated heterocycles. The molecule has 0 saturated carbocycles. The fourth-order valence-electron chi connectivity index (χ4n) is 5.12. The number of imidazole rings is 2. The third kappa shape index (κ3) is 7.79. The molecule has 274 valence electrons. The van der Waals surface area contributed by atoms with Gasteiger partial charge in [-0.25, -0.2) is 29.9 Å². The molecule has 10 atom stereocenters. The summed E-state index contributed by atoms with van der Waals surface area (Å²) in [6, 6.07) is 0. The highest BCUT2D eigenvalue weighted by atomic mass is 32.5. The minimum Gasteiger partial charge on any atom is -0.388 e. The van der Waals surface area contributed by atoms with E-state index in [1.54, 1.807) is 0 Å². The second kappa shape index (κ2) is 14.8. The average molecular weight is 783 g/mol. The maximum Gasteiger partial charge on any atom is 0.324 e. The SMILES string of the molecule is Nc1ncnc2c1ncn2[C@@H]1O[C@H](COP(O)(=S)OCC(O)COP(O)(=S)OC[C@H]2O[C@@H](n3cnc4c(N)ncnc43)[C@H](O)[C@@H]2O)[C@@H](O)[C@H]1O. The van der Waals surface area contributed by atoms with Crippen molar-refractivity contribution in [3.63, 3.8) is 0 Å². The van der Waals surface area contributed by atoms with Gasteiger partial charge in [0.2, 0.25) is 0 Å². The average Bonchev–Trinajstić information content (AvgIpc) is 3.84. The summed E-state index contributed by atoms with van der Waals surface area (Å²) in [7, 11) is 0. The third-order valence-corrected chi connectivity index (χ3v) is 10.8. The Balaban J connectivity index is 0.940. The lowest BCUT2D eigenvalue weighted by atomic mass is 10.1. The molecule has 23 nitrogen and oxygen atoms in total. The smallest absolute Gasteiger partial charge is 0.324 e. The highest BCUT2D eigenvalue weighted by Crippen LogP contribution is 2.47. The minimum atomic E-state index is -4.03. The zero-order valence-electron chi connectivity index (χ0n) is 25.4. The highest BCUT2D eigenvalue weighted by Gasteiger charge is 2.46. The van der Waals surface area contributed by atoms with Gasteiger partial charge in [-0.15, -0.1) is 0 Å². The molecule has 0 aliphatic carbocycles. The fraction of sp³-hybridized carbons (Fsp3) is 0.565. The Morgan fingerprint density at radius 3 is 1.48 bits per heavy atom. The van der Waals surface area contributed by atoms with E-state index in [0.717, 1.165) is 0 Å². The predicted molar refractivity (Wildman–Crippen MR) is 174 cm³/mol. The van der Waals surface area contributed by atoms with Gasteiger partial charge in [-0.1, -0.05) is 0 Å². The molecule has 11 N–H and O–H groups in total. The number of fused-ring (bicyclic) bond motifs is 2. The highest BCUT2D eigenvalue weighted by molar-refractivity contribution is 8.07. The number of nitrogens with zero attached hydrogens (tertiary/aromatic N) is 8. The predicted octanol–water partition coefficient (Wildman–Crippen LogP) is -3.07. The lowest BCUT2D eigenvalue weighted by Gasteiger charge is -2.23. The number of hydrogen-bond donors (Lipinski definition) is 9. The van der Waals surface area contributed by atoms with Crippen molar-refractivity contribution in [2.45, 2.75) is 55.2 Å². The van der Waals surface area contributed by atoms with Crippen molar-refractivity contribution in [1.29, 1.82) is 0 Å². The summed E-state index contributed by atoms with van der Waals surface area (Å²) in [6.45, 7) is -10.3. The standard InChI is InChI=1S/C23H32N10O13P2S2/c24-18-12-20(28-5-26-18)32(7-30-12)22-16(37)14(35)10(45-22)3-43-47(39,49)41-1-9(34)2-42-48(40,50)44-4-11-15(36)17(38)23(46-11)33-8-31-13-19(25)27-6-29-21(13)33/h5-11,14-17,22-23,34-38H,1-4H2,(H,39,49)(H,40,50)(H2,24,26,28)(H2,25,27,29)/t9?,10-,11-,14-,15-,16-,17-,22-,23-,47?,48?/m1/s1.